The number of amides is 1. The van der Waals surface area contributed by atoms with Gasteiger partial charge in [-0.15, -0.1) is 0 Å². The first-order valence-corrected chi connectivity index (χ1v) is 9.06. The number of phenols is 1. The Kier molecular flexibility index (Phi) is 9.36. The highest BCUT2D eigenvalue weighted by molar-refractivity contribution is 6.21. The van der Waals surface area contributed by atoms with Crippen molar-refractivity contribution in [2.75, 3.05) is 40.4 Å². The van der Waals surface area contributed by atoms with Crippen LogP contribution < -0.4 is 14.8 Å². The fourth-order valence-corrected chi connectivity index (χ4v) is 2.63. The van der Waals surface area contributed by atoms with Crippen LogP contribution in [0.1, 0.15) is 32.8 Å². The summed E-state index contributed by atoms with van der Waals surface area (Å²) in [6, 6.07) is 3.07. The largest absolute Gasteiger partial charge is 0.502 e. The third-order valence-corrected chi connectivity index (χ3v) is 4.27. The van der Waals surface area contributed by atoms with Gasteiger partial charge in [-0.1, -0.05) is 13.8 Å². The number of nitrogens with one attached hydrogen (secondary N) is 1. The second kappa shape index (κ2) is 11.2. The van der Waals surface area contributed by atoms with Gasteiger partial charge in [-0.3, -0.25) is 9.59 Å². The van der Waals surface area contributed by atoms with E-state index in [1.807, 2.05) is 0 Å². The second-order valence-electron chi connectivity index (χ2n) is 6.02. The average Bonchev–Trinajstić information content (AvgIpc) is 2.66. The van der Waals surface area contributed by atoms with E-state index in [1.165, 1.54) is 39.4 Å². The highest BCUT2D eigenvalue weighted by Crippen LogP contribution is 2.37. The number of rotatable bonds is 11. The molecule has 0 bridgehead atoms. The van der Waals surface area contributed by atoms with Crippen LogP contribution in [0.15, 0.2) is 17.7 Å². The van der Waals surface area contributed by atoms with E-state index >= 15 is 0 Å². The maximum absolute atomic E-state index is 12.4. The zero-order valence-electron chi connectivity index (χ0n) is 16.8. The highest BCUT2D eigenvalue weighted by atomic mass is 16.5. The molecule has 0 aliphatic rings. The maximum Gasteiger partial charge on any atom is 0.254 e. The van der Waals surface area contributed by atoms with Crippen LogP contribution in [0.25, 0.3) is 6.08 Å². The van der Waals surface area contributed by atoms with E-state index < -0.39 is 5.91 Å². The summed E-state index contributed by atoms with van der Waals surface area (Å²) in [5, 5.41) is 12.8. The molecule has 0 saturated heterocycles. The number of ketones is 1. The highest BCUT2D eigenvalue weighted by Gasteiger charge is 2.16. The normalized spacial score (nSPS) is 11.4. The molecule has 0 aliphatic heterocycles. The van der Waals surface area contributed by atoms with Crippen LogP contribution in [-0.4, -0.2) is 62.1 Å². The molecule has 7 heteroatoms. The molecule has 1 aromatic rings. The molecule has 0 radical (unpaired) electrons. The van der Waals surface area contributed by atoms with Gasteiger partial charge in [0.15, 0.2) is 17.3 Å². The number of phenolic OH excluding ortho intramolecular Hbond substituents is 1. The maximum atomic E-state index is 12.4. The summed E-state index contributed by atoms with van der Waals surface area (Å²) in [7, 11) is 2.83. The monoisotopic (exact) mass is 378 g/mol. The number of hydrogen-bond acceptors (Lipinski definition) is 6. The molecule has 0 heterocycles. The number of Topliss-reactive ketones (excluding diaryl/α,β-unsaturated/α-hetero) is 1. The molecule has 0 saturated carbocycles. The first-order chi connectivity index (χ1) is 12.9. The van der Waals surface area contributed by atoms with E-state index in [1.54, 1.807) is 0 Å². The summed E-state index contributed by atoms with van der Waals surface area (Å²) in [5.74, 6) is -0.510. The van der Waals surface area contributed by atoms with Crippen molar-refractivity contribution in [2.24, 2.45) is 0 Å². The molecular formula is C20H30N2O5. The van der Waals surface area contributed by atoms with E-state index in [-0.39, 0.29) is 28.6 Å². The molecule has 0 fully saturated rings. The van der Waals surface area contributed by atoms with E-state index in [0.29, 0.717) is 12.1 Å². The molecule has 2 N–H and O–H groups in total. The lowest BCUT2D eigenvalue weighted by Gasteiger charge is -2.17. The van der Waals surface area contributed by atoms with Crippen LogP contribution in [0.5, 0.6) is 17.2 Å². The van der Waals surface area contributed by atoms with Crippen LogP contribution >= 0.6 is 0 Å². The van der Waals surface area contributed by atoms with Crippen LogP contribution in [0.2, 0.25) is 0 Å². The van der Waals surface area contributed by atoms with E-state index in [0.717, 1.165) is 26.1 Å². The van der Waals surface area contributed by atoms with Gasteiger partial charge in [0.05, 0.1) is 19.8 Å². The Morgan fingerprint density at radius 3 is 2.15 bits per heavy atom. The van der Waals surface area contributed by atoms with Gasteiger partial charge < -0.3 is 24.8 Å². The standard InChI is InChI=1S/C20H30N2O5/c1-6-22(7-2)10-8-9-21-20(25)16(14(3)23)11-15-12-17(26-4)19(24)18(13-15)27-5/h11-13,24H,6-10H2,1-5H3,(H,21,25). The lowest BCUT2D eigenvalue weighted by atomic mass is 10.1. The quantitative estimate of drug-likeness (QED) is 0.266. The molecule has 0 atom stereocenters. The number of aromatic hydroxyl groups is 1. The van der Waals surface area contributed by atoms with Crippen molar-refractivity contribution in [3.05, 3.63) is 23.3 Å². The Morgan fingerprint density at radius 2 is 1.70 bits per heavy atom. The number of benzene rings is 1. The minimum Gasteiger partial charge on any atom is -0.502 e. The van der Waals surface area contributed by atoms with Crippen LogP contribution in [0.4, 0.5) is 0 Å². The van der Waals surface area contributed by atoms with Gasteiger partial charge >= 0.3 is 0 Å². The Labute approximate surface area is 161 Å². The molecule has 150 valence electrons. The SMILES string of the molecule is CCN(CC)CCCNC(=O)C(=Cc1cc(OC)c(O)c(OC)c1)C(C)=O. The minimum atomic E-state index is -0.423. The van der Waals surface area contributed by atoms with E-state index in [2.05, 4.69) is 24.1 Å². The molecule has 1 rings (SSSR count). The summed E-state index contributed by atoms with van der Waals surface area (Å²) >= 11 is 0. The Morgan fingerprint density at radius 1 is 1.15 bits per heavy atom. The lowest BCUT2D eigenvalue weighted by Crippen LogP contribution is -2.31. The summed E-state index contributed by atoms with van der Waals surface area (Å²) in [6.07, 6.45) is 2.27. The number of ether oxygens (including phenoxy) is 2. The van der Waals surface area contributed by atoms with Crippen LogP contribution in [-0.2, 0) is 9.59 Å². The molecule has 1 aromatic carbocycles. The number of methoxy groups -OCH3 is 2. The van der Waals surface area contributed by atoms with E-state index in [9.17, 15) is 14.7 Å². The Hall–Kier alpha value is -2.54. The molecule has 1 amide bonds. The third-order valence-electron chi connectivity index (χ3n) is 4.27. The molecule has 7 nitrogen and oxygen atoms in total. The van der Waals surface area contributed by atoms with Crippen molar-refractivity contribution in [1.82, 2.24) is 10.2 Å². The Balaban J connectivity index is 2.92. The predicted octanol–water partition coefficient (Wildman–Crippen LogP) is 2.23. The van der Waals surface area contributed by atoms with Crippen molar-refractivity contribution in [2.45, 2.75) is 27.2 Å². The second-order valence-corrected chi connectivity index (χ2v) is 6.02. The van der Waals surface area contributed by atoms with Gasteiger partial charge in [0, 0.05) is 6.54 Å². The van der Waals surface area contributed by atoms with Gasteiger partial charge in [0.25, 0.3) is 5.91 Å². The van der Waals surface area contributed by atoms with Gasteiger partial charge in [-0.05, 0) is 56.8 Å². The van der Waals surface area contributed by atoms with Crippen molar-refractivity contribution < 1.29 is 24.2 Å². The van der Waals surface area contributed by atoms with Crippen LogP contribution in [0.3, 0.4) is 0 Å². The summed E-state index contributed by atoms with van der Waals surface area (Å²) < 4.78 is 10.2. The van der Waals surface area contributed by atoms with Crippen molar-refractivity contribution in [3.63, 3.8) is 0 Å². The zero-order valence-corrected chi connectivity index (χ0v) is 16.8. The fraction of sp³-hybridized carbons (Fsp3) is 0.500. The summed E-state index contributed by atoms with van der Waals surface area (Å²) in [6.45, 7) is 8.84. The predicted molar refractivity (Wildman–Crippen MR) is 105 cm³/mol. The molecule has 0 unspecified atom stereocenters. The number of carbonyl (C=O) groups is 2. The lowest BCUT2D eigenvalue weighted by molar-refractivity contribution is -0.121. The van der Waals surface area contributed by atoms with Gasteiger partial charge in [-0.2, -0.15) is 0 Å². The number of hydrogen-bond donors (Lipinski definition) is 2. The Bertz CT molecular complexity index is 656. The number of nitrogens with zero attached hydrogens (tertiary/aromatic N) is 1. The van der Waals surface area contributed by atoms with Gasteiger partial charge in [0.1, 0.15) is 0 Å². The van der Waals surface area contributed by atoms with Gasteiger partial charge in [-0.25, -0.2) is 0 Å². The zero-order chi connectivity index (χ0) is 20.4. The summed E-state index contributed by atoms with van der Waals surface area (Å²) in [4.78, 5) is 26.6. The molecule has 0 spiro atoms. The number of carbonyl (C=O) groups excluding carboxylic acids is 2. The molecular weight excluding hydrogens is 348 g/mol. The molecule has 27 heavy (non-hydrogen) atoms. The van der Waals surface area contributed by atoms with Gasteiger partial charge in [0.2, 0.25) is 5.75 Å². The first kappa shape index (κ1) is 22.5. The van der Waals surface area contributed by atoms with Crippen LogP contribution in [0, 0.1) is 0 Å². The van der Waals surface area contributed by atoms with Crippen molar-refractivity contribution in [3.8, 4) is 17.2 Å². The van der Waals surface area contributed by atoms with Crippen molar-refractivity contribution in [1.29, 1.82) is 0 Å². The molecule has 0 aromatic heterocycles. The first-order valence-electron chi connectivity index (χ1n) is 9.06. The third kappa shape index (κ3) is 6.60. The smallest absolute Gasteiger partial charge is 0.254 e. The minimum absolute atomic E-state index is 0.0348. The van der Waals surface area contributed by atoms with Crippen molar-refractivity contribution >= 4 is 17.8 Å². The summed E-state index contributed by atoms with van der Waals surface area (Å²) in [5.41, 5.74) is 0.553. The van der Waals surface area contributed by atoms with E-state index in [4.69, 9.17) is 9.47 Å². The molecule has 0 aliphatic carbocycles. The fourth-order valence-electron chi connectivity index (χ4n) is 2.63. The topological polar surface area (TPSA) is 88.1 Å². The average molecular weight is 378 g/mol.